The van der Waals surface area contributed by atoms with Gasteiger partial charge in [-0.2, -0.15) is 0 Å². The molecule has 1 aromatic carbocycles. The third kappa shape index (κ3) is 4.79. The van der Waals surface area contributed by atoms with Crippen LogP contribution in [0.1, 0.15) is 22.3 Å². The molecule has 0 spiro atoms. The van der Waals surface area contributed by atoms with Gasteiger partial charge in [0.1, 0.15) is 18.0 Å². The Balaban J connectivity index is 1.76. The van der Waals surface area contributed by atoms with Gasteiger partial charge in [0.15, 0.2) is 0 Å². The Bertz CT molecular complexity index is 862. The van der Waals surface area contributed by atoms with Gasteiger partial charge in [0.05, 0.1) is 25.1 Å². The van der Waals surface area contributed by atoms with Gasteiger partial charge in [0.2, 0.25) is 5.91 Å². The molecule has 1 unspecified atom stereocenters. The molecule has 1 fully saturated rings. The Morgan fingerprint density at radius 3 is 2.89 bits per heavy atom. The molecule has 2 heterocycles. The molecule has 2 amide bonds. The van der Waals surface area contributed by atoms with Crippen LogP contribution in [0.5, 0.6) is 5.75 Å². The fraction of sp³-hybridized carbons (Fsp3) is 0.350. The number of rotatable bonds is 6. The number of carbonyl (C=O) groups excluding carboxylic acids is 2. The van der Waals surface area contributed by atoms with Gasteiger partial charge in [-0.05, 0) is 42.8 Å². The maximum Gasteiger partial charge on any atom is 0.255 e. The molecule has 28 heavy (non-hydrogen) atoms. The molecule has 1 aliphatic rings. The first-order chi connectivity index (χ1) is 13.4. The van der Waals surface area contributed by atoms with Crippen molar-refractivity contribution in [2.75, 3.05) is 26.3 Å². The molecule has 8 heteroatoms. The van der Waals surface area contributed by atoms with E-state index >= 15 is 0 Å². The molecule has 1 atom stereocenters. The van der Waals surface area contributed by atoms with Gasteiger partial charge in [-0.1, -0.05) is 11.6 Å². The highest BCUT2D eigenvalue weighted by atomic mass is 35.5. The molecule has 0 radical (unpaired) electrons. The molecule has 1 aromatic heterocycles. The number of amides is 2. The van der Waals surface area contributed by atoms with Crippen LogP contribution in [0.4, 0.5) is 0 Å². The largest absolute Gasteiger partial charge is 0.490 e. The van der Waals surface area contributed by atoms with Gasteiger partial charge in [0.25, 0.3) is 5.91 Å². The Morgan fingerprint density at radius 2 is 2.21 bits per heavy atom. The van der Waals surface area contributed by atoms with E-state index in [-0.39, 0.29) is 32.1 Å². The number of halogens is 1. The predicted molar refractivity (Wildman–Crippen MR) is 104 cm³/mol. The Labute approximate surface area is 168 Å². The summed E-state index contributed by atoms with van der Waals surface area (Å²) in [4.78, 5) is 30.1. The quantitative estimate of drug-likeness (QED) is 0.797. The number of aryl methyl sites for hydroxylation is 1. The number of primary amides is 1. The van der Waals surface area contributed by atoms with Crippen molar-refractivity contribution in [1.29, 1.82) is 0 Å². The normalized spacial score (nSPS) is 19.3. The summed E-state index contributed by atoms with van der Waals surface area (Å²) in [7, 11) is 0. The van der Waals surface area contributed by atoms with Crippen LogP contribution < -0.4 is 10.5 Å². The zero-order chi connectivity index (χ0) is 20.1. The van der Waals surface area contributed by atoms with Gasteiger partial charge in [-0.15, -0.1) is 0 Å². The summed E-state index contributed by atoms with van der Waals surface area (Å²) < 4.78 is 11.8. The van der Waals surface area contributed by atoms with Gasteiger partial charge < -0.3 is 20.1 Å². The van der Waals surface area contributed by atoms with Crippen molar-refractivity contribution >= 4 is 23.4 Å². The van der Waals surface area contributed by atoms with Crippen molar-refractivity contribution in [3.8, 4) is 5.75 Å². The molecular formula is C20H22ClN3O4. The van der Waals surface area contributed by atoms with Crippen LogP contribution in [0.15, 0.2) is 42.7 Å². The first kappa shape index (κ1) is 20.1. The first-order valence-electron chi connectivity index (χ1n) is 8.89. The average molecular weight is 404 g/mol. The summed E-state index contributed by atoms with van der Waals surface area (Å²) >= 11 is 6.05. The monoisotopic (exact) mass is 403 g/mol. The minimum atomic E-state index is -1.02. The van der Waals surface area contributed by atoms with E-state index in [0.717, 1.165) is 5.56 Å². The van der Waals surface area contributed by atoms with Gasteiger partial charge in [-0.3, -0.25) is 14.6 Å². The van der Waals surface area contributed by atoms with E-state index in [1.54, 1.807) is 35.4 Å². The maximum atomic E-state index is 12.8. The van der Waals surface area contributed by atoms with Crippen molar-refractivity contribution in [2.45, 2.75) is 18.9 Å². The fourth-order valence-corrected chi connectivity index (χ4v) is 3.29. The number of nitrogens with zero attached hydrogens (tertiary/aromatic N) is 2. The molecule has 0 bridgehead atoms. The van der Waals surface area contributed by atoms with Crippen LogP contribution in [0, 0.1) is 6.92 Å². The number of hydrogen-bond acceptors (Lipinski definition) is 5. The Kier molecular flexibility index (Phi) is 6.16. The lowest BCUT2D eigenvalue weighted by Gasteiger charge is -2.42. The van der Waals surface area contributed by atoms with Crippen molar-refractivity contribution in [2.24, 2.45) is 5.73 Å². The van der Waals surface area contributed by atoms with Crippen LogP contribution in [-0.4, -0.2) is 53.6 Å². The predicted octanol–water partition coefficient (Wildman–Crippen LogP) is 2.21. The van der Waals surface area contributed by atoms with Crippen LogP contribution in [0.3, 0.4) is 0 Å². The highest BCUT2D eigenvalue weighted by Crippen LogP contribution is 2.27. The summed E-state index contributed by atoms with van der Waals surface area (Å²) in [6.07, 6.45) is 3.06. The van der Waals surface area contributed by atoms with Crippen LogP contribution in [-0.2, 0) is 9.53 Å². The second-order valence-corrected chi connectivity index (χ2v) is 7.25. The van der Waals surface area contributed by atoms with Crippen LogP contribution >= 0.6 is 11.6 Å². The Hall–Kier alpha value is -2.64. The zero-order valence-electron chi connectivity index (χ0n) is 15.6. The second-order valence-electron chi connectivity index (χ2n) is 6.84. The fourth-order valence-electron chi connectivity index (χ4n) is 3.17. The molecule has 0 aliphatic carbocycles. The average Bonchev–Trinajstić information content (AvgIpc) is 2.69. The molecule has 1 saturated heterocycles. The standard InChI is InChI=1S/C20H22ClN3O4/c1-14-9-16(4-5-17(14)21)27-13-20(10-18(22)25)12-24(7-8-28-20)19(26)15-3-2-6-23-11-15/h2-6,9,11H,7-8,10,12-13H2,1H3,(H2,22,25). The third-order valence-electron chi connectivity index (χ3n) is 4.57. The van der Waals surface area contributed by atoms with Crippen LogP contribution in [0.25, 0.3) is 0 Å². The maximum absolute atomic E-state index is 12.8. The van der Waals surface area contributed by atoms with Gasteiger partial charge in [0, 0.05) is 24.0 Å². The number of nitrogens with two attached hydrogens (primary N) is 1. The highest BCUT2D eigenvalue weighted by Gasteiger charge is 2.41. The first-order valence-corrected chi connectivity index (χ1v) is 9.27. The molecule has 7 nitrogen and oxygen atoms in total. The summed E-state index contributed by atoms with van der Waals surface area (Å²) in [6.45, 7) is 2.83. The van der Waals surface area contributed by atoms with Crippen LogP contribution in [0.2, 0.25) is 5.02 Å². The van der Waals surface area contributed by atoms with E-state index in [1.807, 2.05) is 13.0 Å². The lowest BCUT2D eigenvalue weighted by atomic mass is 9.97. The number of carbonyl (C=O) groups is 2. The lowest BCUT2D eigenvalue weighted by Crippen LogP contribution is -2.58. The number of benzene rings is 1. The van der Waals surface area contributed by atoms with Crippen molar-refractivity contribution in [1.82, 2.24) is 9.88 Å². The van der Waals surface area contributed by atoms with E-state index in [4.69, 9.17) is 26.8 Å². The van der Waals surface area contributed by atoms with Crippen molar-refractivity contribution < 1.29 is 19.1 Å². The van der Waals surface area contributed by atoms with Gasteiger partial charge >= 0.3 is 0 Å². The Morgan fingerprint density at radius 1 is 1.39 bits per heavy atom. The highest BCUT2D eigenvalue weighted by molar-refractivity contribution is 6.31. The van der Waals surface area contributed by atoms with Crippen molar-refractivity contribution in [3.05, 3.63) is 58.9 Å². The summed E-state index contributed by atoms with van der Waals surface area (Å²) in [5.74, 6) is -0.0933. The number of pyridine rings is 1. The second kappa shape index (κ2) is 8.58. The topological polar surface area (TPSA) is 94.8 Å². The lowest BCUT2D eigenvalue weighted by molar-refractivity contribution is -0.142. The summed E-state index contributed by atoms with van der Waals surface area (Å²) in [6, 6.07) is 8.70. The van der Waals surface area contributed by atoms with E-state index in [1.165, 1.54) is 6.20 Å². The summed E-state index contributed by atoms with van der Waals surface area (Å²) in [5, 5.41) is 0.640. The molecule has 2 aromatic rings. The number of ether oxygens (including phenoxy) is 2. The zero-order valence-corrected chi connectivity index (χ0v) is 16.3. The minimum Gasteiger partial charge on any atom is -0.490 e. The van der Waals surface area contributed by atoms with E-state index in [2.05, 4.69) is 4.98 Å². The molecule has 1 aliphatic heterocycles. The SMILES string of the molecule is Cc1cc(OCC2(CC(N)=O)CN(C(=O)c3cccnc3)CCO2)ccc1Cl. The third-order valence-corrected chi connectivity index (χ3v) is 5.00. The molecule has 3 rings (SSSR count). The number of morpholine rings is 1. The van der Waals surface area contributed by atoms with E-state index in [9.17, 15) is 9.59 Å². The number of aromatic nitrogens is 1. The summed E-state index contributed by atoms with van der Waals surface area (Å²) in [5.41, 5.74) is 5.78. The molecule has 148 valence electrons. The molecule has 0 saturated carbocycles. The molecular weight excluding hydrogens is 382 g/mol. The smallest absolute Gasteiger partial charge is 0.255 e. The van der Waals surface area contributed by atoms with Crippen molar-refractivity contribution in [3.63, 3.8) is 0 Å². The van der Waals surface area contributed by atoms with E-state index < -0.39 is 11.5 Å². The number of hydrogen-bond donors (Lipinski definition) is 1. The minimum absolute atomic E-state index is 0.0591. The molecule has 2 N–H and O–H groups in total. The van der Waals surface area contributed by atoms with E-state index in [0.29, 0.717) is 22.9 Å². The van der Waals surface area contributed by atoms with Gasteiger partial charge in [-0.25, -0.2) is 0 Å².